The molecule has 1 aromatic rings. The molecule has 2 aliphatic rings. The first kappa shape index (κ1) is 10.9. The van der Waals surface area contributed by atoms with Gasteiger partial charge in [-0.3, -0.25) is 0 Å². The van der Waals surface area contributed by atoms with Gasteiger partial charge in [0.2, 0.25) is 0 Å². The van der Waals surface area contributed by atoms with Crippen LogP contribution in [-0.4, -0.2) is 19.8 Å². The van der Waals surface area contributed by atoms with Crippen LogP contribution in [-0.2, 0) is 6.54 Å². The minimum absolute atomic E-state index is 0.548. The Hall–Kier alpha value is -1.22. The molecular formula is C14H19NO2. The van der Waals surface area contributed by atoms with E-state index >= 15 is 0 Å². The molecule has 1 N–H and O–H groups in total. The van der Waals surface area contributed by atoms with Crippen molar-refractivity contribution in [2.75, 3.05) is 19.8 Å². The van der Waals surface area contributed by atoms with Crippen molar-refractivity contribution < 1.29 is 9.47 Å². The van der Waals surface area contributed by atoms with E-state index in [-0.39, 0.29) is 0 Å². The summed E-state index contributed by atoms with van der Waals surface area (Å²) in [6.07, 6.45) is 2.71. The smallest absolute Gasteiger partial charge is 0.165 e. The summed E-state index contributed by atoms with van der Waals surface area (Å²) in [5, 5.41) is 3.52. The number of benzene rings is 1. The van der Waals surface area contributed by atoms with Gasteiger partial charge in [0, 0.05) is 18.7 Å². The van der Waals surface area contributed by atoms with Gasteiger partial charge in [-0.05, 0) is 24.3 Å². The highest BCUT2D eigenvalue weighted by Crippen LogP contribution is 2.44. The van der Waals surface area contributed by atoms with Crippen LogP contribution in [0.3, 0.4) is 0 Å². The second-order valence-electron chi connectivity index (χ2n) is 5.36. The summed E-state index contributed by atoms with van der Waals surface area (Å²) in [4.78, 5) is 0. The lowest BCUT2D eigenvalue weighted by Crippen LogP contribution is -2.23. The SMILES string of the molecule is CC1(CNCc2cccc3c2OCCO3)CC1. The Balaban J connectivity index is 1.65. The van der Waals surface area contributed by atoms with Crippen LogP contribution in [0.5, 0.6) is 11.5 Å². The normalized spacial score (nSPS) is 20.1. The molecule has 1 saturated carbocycles. The monoisotopic (exact) mass is 233 g/mol. The van der Waals surface area contributed by atoms with Crippen LogP contribution in [0.4, 0.5) is 0 Å². The van der Waals surface area contributed by atoms with E-state index in [1.54, 1.807) is 0 Å². The van der Waals surface area contributed by atoms with Crippen LogP contribution in [0.25, 0.3) is 0 Å². The van der Waals surface area contributed by atoms with Gasteiger partial charge in [0.25, 0.3) is 0 Å². The average molecular weight is 233 g/mol. The van der Waals surface area contributed by atoms with E-state index in [9.17, 15) is 0 Å². The van der Waals surface area contributed by atoms with Gasteiger partial charge < -0.3 is 14.8 Å². The van der Waals surface area contributed by atoms with E-state index in [1.165, 1.54) is 18.4 Å². The molecule has 0 aromatic heterocycles. The van der Waals surface area contributed by atoms with Crippen molar-refractivity contribution in [2.45, 2.75) is 26.3 Å². The molecule has 0 bridgehead atoms. The van der Waals surface area contributed by atoms with Gasteiger partial charge in [-0.1, -0.05) is 19.1 Å². The van der Waals surface area contributed by atoms with Crippen LogP contribution < -0.4 is 14.8 Å². The number of rotatable bonds is 4. The molecule has 1 fully saturated rings. The molecule has 1 aliphatic carbocycles. The molecule has 0 spiro atoms. The number of hydrogen-bond acceptors (Lipinski definition) is 3. The predicted octanol–water partition coefficient (Wildman–Crippen LogP) is 2.35. The van der Waals surface area contributed by atoms with Gasteiger partial charge in [0.1, 0.15) is 13.2 Å². The topological polar surface area (TPSA) is 30.5 Å². The molecule has 0 atom stereocenters. The average Bonchev–Trinajstić information content (AvgIpc) is 3.08. The molecule has 0 saturated heterocycles. The molecule has 1 heterocycles. The van der Waals surface area contributed by atoms with Gasteiger partial charge in [0.05, 0.1) is 0 Å². The number of hydrogen-bond donors (Lipinski definition) is 1. The molecule has 1 aliphatic heterocycles. The van der Waals surface area contributed by atoms with Crippen molar-refractivity contribution in [3.8, 4) is 11.5 Å². The van der Waals surface area contributed by atoms with Crippen LogP contribution in [0.2, 0.25) is 0 Å². The second-order valence-corrected chi connectivity index (χ2v) is 5.36. The van der Waals surface area contributed by atoms with Crippen LogP contribution >= 0.6 is 0 Å². The number of nitrogens with one attached hydrogen (secondary N) is 1. The fourth-order valence-electron chi connectivity index (χ4n) is 2.16. The highest BCUT2D eigenvalue weighted by atomic mass is 16.6. The largest absolute Gasteiger partial charge is 0.486 e. The summed E-state index contributed by atoms with van der Waals surface area (Å²) in [6.45, 7) is 5.60. The fraction of sp³-hybridized carbons (Fsp3) is 0.571. The van der Waals surface area contributed by atoms with E-state index in [2.05, 4.69) is 18.3 Å². The van der Waals surface area contributed by atoms with Crippen LogP contribution in [0.1, 0.15) is 25.3 Å². The Morgan fingerprint density at radius 1 is 1.24 bits per heavy atom. The van der Waals surface area contributed by atoms with Crippen molar-refractivity contribution in [1.82, 2.24) is 5.32 Å². The second kappa shape index (κ2) is 4.22. The Morgan fingerprint density at radius 3 is 2.88 bits per heavy atom. The lowest BCUT2D eigenvalue weighted by atomic mass is 10.1. The molecule has 3 heteroatoms. The van der Waals surface area contributed by atoms with Gasteiger partial charge in [0.15, 0.2) is 11.5 Å². The summed E-state index contributed by atoms with van der Waals surface area (Å²) in [7, 11) is 0. The molecule has 0 unspecified atom stereocenters. The molecule has 3 nitrogen and oxygen atoms in total. The van der Waals surface area contributed by atoms with Crippen LogP contribution in [0.15, 0.2) is 18.2 Å². The summed E-state index contributed by atoms with van der Waals surface area (Å²) in [5.41, 5.74) is 1.75. The van der Waals surface area contributed by atoms with Gasteiger partial charge >= 0.3 is 0 Å². The number of fused-ring (bicyclic) bond motifs is 1. The maximum absolute atomic E-state index is 5.69. The maximum Gasteiger partial charge on any atom is 0.165 e. The van der Waals surface area contributed by atoms with E-state index < -0.39 is 0 Å². The lowest BCUT2D eigenvalue weighted by Gasteiger charge is -2.21. The van der Waals surface area contributed by atoms with E-state index in [1.807, 2.05) is 12.1 Å². The first-order valence-electron chi connectivity index (χ1n) is 6.35. The van der Waals surface area contributed by atoms with Crippen molar-refractivity contribution in [1.29, 1.82) is 0 Å². The Labute approximate surface area is 102 Å². The third-order valence-electron chi connectivity index (χ3n) is 3.62. The minimum atomic E-state index is 0.548. The first-order chi connectivity index (χ1) is 8.27. The molecule has 1 aromatic carbocycles. The summed E-state index contributed by atoms with van der Waals surface area (Å²) in [5.74, 6) is 1.81. The Morgan fingerprint density at radius 2 is 2.06 bits per heavy atom. The summed E-state index contributed by atoms with van der Waals surface area (Å²) in [6, 6.07) is 6.11. The minimum Gasteiger partial charge on any atom is -0.486 e. The molecule has 17 heavy (non-hydrogen) atoms. The van der Waals surface area contributed by atoms with Crippen LogP contribution in [0, 0.1) is 5.41 Å². The lowest BCUT2D eigenvalue weighted by molar-refractivity contribution is 0.169. The zero-order valence-corrected chi connectivity index (χ0v) is 10.3. The number of para-hydroxylation sites is 1. The molecule has 92 valence electrons. The Kier molecular flexibility index (Phi) is 2.71. The van der Waals surface area contributed by atoms with Crippen molar-refractivity contribution in [2.24, 2.45) is 5.41 Å². The molecule has 0 amide bonds. The zero-order valence-electron chi connectivity index (χ0n) is 10.3. The summed E-state index contributed by atoms with van der Waals surface area (Å²) >= 11 is 0. The van der Waals surface area contributed by atoms with E-state index in [0.29, 0.717) is 18.6 Å². The van der Waals surface area contributed by atoms with Gasteiger partial charge in [-0.25, -0.2) is 0 Å². The molecule has 3 rings (SSSR count). The van der Waals surface area contributed by atoms with Crippen molar-refractivity contribution >= 4 is 0 Å². The van der Waals surface area contributed by atoms with Gasteiger partial charge in [-0.15, -0.1) is 0 Å². The van der Waals surface area contributed by atoms with Crippen molar-refractivity contribution in [3.05, 3.63) is 23.8 Å². The molecule has 0 radical (unpaired) electrons. The number of ether oxygens (including phenoxy) is 2. The highest BCUT2D eigenvalue weighted by molar-refractivity contribution is 5.47. The molecular weight excluding hydrogens is 214 g/mol. The van der Waals surface area contributed by atoms with Crippen molar-refractivity contribution in [3.63, 3.8) is 0 Å². The summed E-state index contributed by atoms with van der Waals surface area (Å²) < 4.78 is 11.3. The fourth-order valence-corrected chi connectivity index (χ4v) is 2.16. The van der Waals surface area contributed by atoms with E-state index in [4.69, 9.17) is 9.47 Å². The predicted molar refractivity (Wildman–Crippen MR) is 66.5 cm³/mol. The third kappa shape index (κ3) is 2.39. The van der Waals surface area contributed by atoms with Gasteiger partial charge in [-0.2, -0.15) is 0 Å². The first-order valence-corrected chi connectivity index (χ1v) is 6.35. The third-order valence-corrected chi connectivity index (χ3v) is 3.62. The Bertz CT molecular complexity index is 413. The van der Waals surface area contributed by atoms with E-state index in [0.717, 1.165) is 24.6 Å². The standard InChI is InChI=1S/C14H19NO2/c1-14(5-6-14)10-15-9-11-3-2-4-12-13(11)17-8-7-16-12/h2-4,15H,5-10H2,1H3. The maximum atomic E-state index is 5.69. The quantitative estimate of drug-likeness (QED) is 0.866. The highest BCUT2D eigenvalue weighted by Gasteiger charge is 2.36. The zero-order chi connectivity index (χ0) is 11.7.